The molecular weight excluding hydrogens is 172 g/mol. The Labute approximate surface area is 82.0 Å². The molecule has 0 atom stereocenters. The molecule has 0 radical (unpaired) electrons. The highest BCUT2D eigenvalue weighted by atomic mass is 16.3. The summed E-state index contributed by atoms with van der Waals surface area (Å²) in [4.78, 5) is 0. The van der Waals surface area contributed by atoms with Crippen LogP contribution in [0.1, 0.15) is 5.56 Å². The van der Waals surface area contributed by atoms with Gasteiger partial charge in [-0.25, -0.2) is 0 Å². The molecule has 1 nitrogen and oxygen atoms in total. The van der Waals surface area contributed by atoms with Gasteiger partial charge in [0.1, 0.15) is 0 Å². The van der Waals surface area contributed by atoms with Gasteiger partial charge >= 0.3 is 0 Å². The molecule has 1 heteroatoms. The monoisotopic (exact) mass is 181 g/mol. The molecule has 2 aliphatic rings. The third-order valence-electron chi connectivity index (χ3n) is 2.77. The fourth-order valence-electron chi connectivity index (χ4n) is 2.08. The number of hydrogen-bond acceptors (Lipinski definition) is 1. The maximum absolute atomic E-state index is 11.9. The van der Waals surface area contributed by atoms with Crippen LogP contribution < -0.4 is 15.5 Å². The molecule has 0 spiro atoms. The number of rotatable bonds is 0. The zero-order valence-corrected chi connectivity index (χ0v) is 7.87. The van der Waals surface area contributed by atoms with Crippen LogP contribution in [0.3, 0.4) is 0 Å². The Balaban J connectivity index is 2.58. The van der Waals surface area contributed by atoms with Gasteiger partial charge < -0.3 is 5.11 Å². The van der Waals surface area contributed by atoms with E-state index in [1.807, 2.05) is 37.3 Å². The van der Waals surface area contributed by atoms with E-state index < -0.39 is 0 Å². The van der Waals surface area contributed by atoms with E-state index in [0.29, 0.717) is 0 Å². The maximum atomic E-state index is 11.9. The lowest BCUT2D eigenvalue weighted by atomic mass is 10.1. The third-order valence-corrected chi connectivity index (χ3v) is 2.77. The Morgan fingerprint density at radius 3 is 2.86 bits per heavy atom. The second kappa shape index (κ2) is 2.38. The van der Waals surface area contributed by atoms with Gasteiger partial charge in [-0.2, -0.15) is 0 Å². The van der Waals surface area contributed by atoms with Crippen molar-refractivity contribution in [3.05, 3.63) is 58.0 Å². The average molecular weight is 181 g/mol. The zero-order chi connectivity index (χ0) is 9.71. The summed E-state index contributed by atoms with van der Waals surface area (Å²) in [6, 6.07) is 5.99. The van der Waals surface area contributed by atoms with E-state index in [2.05, 4.69) is 6.07 Å². The molecule has 0 saturated carbocycles. The van der Waals surface area contributed by atoms with E-state index in [0.717, 1.165) is 21.6 Å². The highest BCUT2D eigenvalue weighted by Crippen LogP contribution is 2.24. The highest BCUT2D eigenvalue weighted by Gasteiger charge is 2.13. The second-order valence-corrected chi connectivity index (χ2v) is 3.73. The third kappa shape index (κ3) is 0.791. The summed E-state index contributed by atoms with van der Waals surface area (Å²) in [5, 5.41) is 13.8. The molecule has 2 aliphatic carbocycles. The molecular formula is C13H9O-. The van der Waals surface area contributed by atoms with Crippen LogP contribution in [0, 0.1) is 6.92 Å². The van der Waals surface area contributed by atoms with Crippen LogP contribution in [0.15, 0.2) is 42.0 Å². The molecule has 0 unspecified atom stereocenters. The van der Waals surface area contributed by atoms with Crippen molar-refractivity contribution in [2.45, 2.75) is 6.92 Å². The molecule has 0 saturated heterocycles. The molecule has 3 rings (SSSR count). The zero-order valence-electron chi connectivity index (χ0n) is 7.87. The molecule has 0 amide bonds. The lowest BCUT2D eigenvalue weighted by molar-refractivity contribution is -0.244. The molecule has 0 bridgehead atoms. The van der Waals surface area contributed by atoms with Crippen molar-refractivity contribution in [3.63, 3.8) is 0 Å². The van der Waals surface area contributed by atoms with Crippen molar-refractivity contribution in [1.82, 2.24) is 0 Å². The van der Waals surface area contributed by atoms with Crippen LogP contribution in [0.4, 0.5) is 0 Å². The van der Waals surface area contributed by atoms with Crippen molar-refractivity contribution < 1.29 is 5.11 Å². The van der Waals surface area contributed by atoms with Crippen molar-refractivity contribution >= 4 is 11.3 Å². The van der Waals surface area contributed by atoms with Gasteiger partial charge in [-0.15, -0.1) is 0 Å². The molecule has 0 N–H and O–H groups in total. The van der Waals surface area contributed by atoms with E-state index in [-0.39, 0.29) is 5.76 Å². The summed E-state index contributed by atoms with van der Waals surface area (Å²) in [6.07, 6.45) is 5.85. The van der Waals surface area contributed by atoms with Crippen LogP contribution in [-0.4, -0.2) is 0 Å². The summed E-state index contributed by atoms with van der Waals surface area (Å²) in [6.45, 7) is 2.05. The second-order valence-electron chi connectivity index (χ2n) is 3.73. The first-order chi connectivity index (χ1) is 6.77. The molecule has 1 aromatic carbocycles. The summed E-state index contributed by atoms with van der Waals surface area (Å²) in [7, 11) is 0. The summed E-state index contributed by atoms with van der Waals surface area (Å²) in [5.41, 5.74) is 3.14. The minimum atomic E-state index is 0.167. The molecule has 0 aromatic heterocycles. The Bertz CT molecular complexity index is 601. The van der Waals surface area contributed by atoms with Crippen LogP contribution in [-0.2, 0) is 0 Å². The minimum absolute atomic E-state index is 0.167. The Morgan fingerprint density at radius 1 is 1.14 bits per heavy atom. The van der Waals surface area contributed by atoms with Gasteiger partial charge in [0.2, 0.25) is 0 Å². The number of allylic oxidation sites excluding steroid dienone is 3. The SMILES string of the molecule is Cc1ccc2c(c1)=C1C=CC=C1C=2[O-]. The van der Waals surface area contributed by atoms with Crippen LogP contribution in [0.5, 0.6) is 0 Å². The van der Waals surface area contributed by atoms with E-state index in [1.165, 1.54) is 5.56 Å². The molecule has 68 valence electrons. The largest absolute Gasteiger partial charge is 0.872 e. The van der Waals surface area contributed by atoms with Crippen LogP contribution in [0.25, 0.3) is 11.3 Å². The smallest absolute Gasteiger partial charge is 0.0109 e. The average Bonchev–Trinajstić information content (AvgIpc) is 2.71. The first-order valence-electron chi connectivity index (χ1n) is 4.69. The van der Waals surface area contributed by atoms with Gasteiger partial charge in [-0.1, -0.05) is 47.7 Å². The van der Waals surface area contributed by atoms with Gasteiger partial charge in [0.25, 0.3) is 0 Å². The van der Waals surface area contributed by atoms with E-state index in [9.17, 15) is 5.11 Å². The van der Waals surface area contributed by atoms with Crippen molar-refractivity contribution in [1.29, 1.82) is 0 Å². The van der Waals surface area contributed by atoms with Crippen LogP contribution in [0.2, 0.25) is 0 Å². The van der Waals surface area contributed by atoms with Gasteiger partial charge in [0.15, 0.2) is 0 Å². The van der Waals surface area contributed by atoms with Crippen molar-refractivity contribution in [3.8, 4) is 0 Å². The molecule has 1 aromatic rings. The Morgan fingerprint density at radius 2 is 2.00 bits per heavy atom. The molecule has 0 heterocycles. The quantitative estimate of drug-likeness (QED) is 0.557. The predicted molar refractivity (Wildman–Crippen MR) is 54.5 cm³/mol. The van der Waals surface area contributed by atoms with E-state index in [1.54, 1.807) is 0 Å². The lowest BCUT2D eigenvalue weighted by Gasteiger charge is -2.08. The number of fused-ring (bicyclic) bond motifs is 2. The maximum Gasteiger partial charge on any atom is -0.0109 e. The van der Waals surface area contributed by atoms with Crippen molar-refractivity contribution in [2.75, 3.05) is 0 Å². The van der Waals surface area contributed by atoms with Gasteiger partial charge in [0.05, 0.1) is 0 Å². The minimum Gasteiger partial charge on any atom is -0.872 e. The molecule has 14 heavy (non-hydrogen) atoms. The summed E-state index contributed by atoms with van der Waals surface area (Å²) in [5.74, 6) is 0.167. The first kappa shape index (κ1) is 7.63. The normalized spacial score (nSPS) is 17.1. The Hall–Kier alpha value is -1.76. The summed E-state index contributed by atoms with van der Waals surface area (Å²) < 4.78 is 0. The van der Waals surface area contributed by atoms with Gasteiger partial charge in [0, 0.05) is 0 Å². The van der Waals surface area contributed by atoms with Gasteiger partial charge in [-0.3, -0.25) is 0 Å². The fraction of sp³-hybridized carbons (Fsp3) is 0.0769. The van der Waals surface area contributed by atoms with Crippen LogP contribution >= 0.6 is 0 Å². The topological polar surface area (TPSA) is 23.1 Å². The lowest BCUT2D eigenvalue weighted by Crippen LogP contribution is -2.26. The van der Waals surface area contributed by atoms with Crippen molar-refractivity contribution in [2.24, 2.45) is 0 Å². The molecule has 0 fully saturated rings. The highest BCUT2D eigenvalue weighted by molar-refractivity contribution is 5.93. The molecule has 0 aliphatic heterocycles. The first-order valence-corrected chi connectivity index (χ1v) is 4.69. The number of benzene rings is 1. The van der Waals surface area contributed by atoms with E-state index >= 15 is 0 Å². The number of aryl methyl sites for hydroxylation is 1. The Kier molecular flexibility index (Phi) is 1.30. The predicted octanol–water partition coefficient (Wildman–Crippen LogP) is 0.124. The van der Waals surface area contributed by atoms with Gasteiger partial charge in [-0.05, 0) is 28.5 Å². The fourth-order valence-corrected chi connectivity index (χ4v) is 2.08. The number of hydrogen-bond donors (Lipinski definition) is 0. The summed E-state index contributed by atoms with van der Waals surface area (Å²) >= 11 is 0. The van der Waals surface area contributed by atoms with E-state index in [4.69, 9.17) is 0 Å². The standard InChI is InChI=1S/C13H10O/c1-8-5-6-11-12(7-8)9-3-2-4-10(9)13(11)14/h2-7,14H,1H3/p-1.